The second-order valence-corrected chi connectivity index (χ2v) is 7.26. The van der Waals surface area contributed by atoms with Crippen LogP contribution in [0.1, 0.15) is 31.3 Å². The van der Waals surface area contributed by atoms with E-state index in [4.69, 9.17) is 0 Å². The van der Waals surface area contributed by atoms with Crippen LogP contribution in [0.5, 0.6) is 0 Å². The summed E-state index contributed by atoms with van der Waals surface area (Å²) in [6.45, 7) is 8.99. The van der Waals surface area contributed by atoms with Crippen molar-refractivity contribution in [1.82, 2.24) is 14.9 Å². The standard InChI is InChI=1S/C18H30N4O2/c1-3-16-8-18(20-13(2)19-16)22-10-14(15(11-22)12-23)9-21-6-4-17(24)5-7-21/h8,14-15,17,23-24H,3-7,9-12H2,1-2H3/t14-,15-/m1/s1. The van der Waals surface area contributed by atoms with E-state index >= 15 is 0 Å². The van der Waals surface area contributed by atoms with Gasteiger partial charge in [0.2, 0.25) is 0 Å². The summed E-state index contributed by atoms with van der Waals surface area (Å²) < 4.78 is 0. The fourth-order valence-electron chi connectivity index (χ4n) is 3.93. The van der Waals surface area contributed by atoms with E-state index in [1.54, 1.807) is 0 Å². The average Bonchev–Trinajstić information content (AvgIpc) is 2.99. The molecule has 2 saturated heterocycles. The van der Waals surface area contributed by atoms with E-state index in [1.165, 1.54) is 0 Å². The summed E-state index contributed by atoms with van der Waals surface area (Å²) >= 11 is 0. The molecule has 3 heterocycles. The monoisotopic (exact) mass is 334 g/mol. The number of aliphatic hydroxyl groups excluding tert-OH is 2. The van der Waals surface area contributed by atoms with Gasteiger partial charge < -0.3 is 20.0 Å². The fraction of sp³-hybridized carbons (Fsp3) is 0.778. The molecule has 2 fully saturated rings. The van der Waals surface area contributed by atoms with Gasteiger partial charge in [0.05, 0.1) is 6.10 Å². The van der Waals surface area contributed by atoms with Crippen molar-refractivity contribution in [2.45, 2.75) is 39.2 Å². The lowest BCUT2D eigenvalue weighted by Crippen LogP contribution is -2.40. The van der Waals surface area contributed by atoms with Crippen molar-refractivity contribution in [3.8, 4) is 0 Å². The summed E-state index contributed by atoms with van der Waals surface area (Å²) in [7, 11) is 0. The maximum Gasteiger partial charge on any atom is 0.132 e. The molecule has 0 aliphatic carbocycles. The summed E-state index contributed by atoms with van der Waals surface area (Å²) in [6, 6.07) is 2.08. The second kappa shape index (κ2) is 7.76. The second-order valence-electron chi connectivity index (χ2n) is 7.26. The zero-order chi connectivity index (χ0) is 17.1. The summed E-state index contributed by atoms with van der Waals surface area (Å²) in [5, 5.41) is 19.5. The minimum atomic E-state index is -0.133. The van der Waals surface area contributed by atoms with Crippen molar-refractivity contribution in [2.75, 3.05) is 44.2 Å². The van der Waals surface area contributed by atoms with E-state index in [0.29, 0.717) is 5.92 Å². The minimum absolute atomic E-state index is 0.133. The normalized spacial score (nSPS) is 26.2. The lowest BCUT2D eigenvalue weighted by Gasteiger charge is -2.32. The highest BCUT2D eigenvalue weighted by molar-refractivity contribution is 5.41. The maximum atomic E-state index is 9.81. The van der Waals surface area contributed by atoms with Crippen molar-refractivity contribution < 1.29 is 10.2 Å². The molecule has 24 heavy (non-hydrogen) atoms. The van der Waals surface area contributed by atoms with Gasteiger partial charge in [-0.15, -0.1) is 0 Å². The number of piperidine rings is 1. The molecule has 0 amide bonds. The first-order chi connectivity index (χ1) is 11.6. The molecule has 0 aromatic carbocycles. The molecule has 1 aromatic heterocycles. The first kappa shape index (κ1) is 17.6. The number of hydrogen-bond donors (Lipinski definition) is 2. The van der Waals surface area contributed by atoms with Crippen molar-refractivity contribution in [3.63, 3.8) is 0 Å². The molecule has 0 radical (unpaired) electrons. The van der Waals surface area contributed by atoms with E-state index in [-0.39, 0.29) is 18.6 Å². The van der Waals surface area contributed by atoms with Gasteiger partial charge in [-0.25, -0.2) is 9.97 Å². The lowest BCUT2D eigenvalue weighted by atomic mass is 9.95. The number of nitrogens with zero attached hydrogens (tertiary/aromatic N) is 4. The van der Waals surface area contributed by atoms with Crippen LogP contribution in [-0.4, -0.2) is 70.5 Å². The molecule has 0 bridgehead atoms. The molecule has 2 aliphatic rings. The van der Waals surface area contributed by atoms with E-state index in [0.717, 1.165) is 69.3 Å². The van der Waals surface area contributed by atoms with E-state index in [1.807, 2.05) is 6.92 Å². The van der Waals surface area contributed by atoms with Crippen molar-refractivity contribution >= 4 is 5.82 Å². The summed E-state index contributed by atoms with van der Waals surface area (Å²) in [6.07, 6.45) is 2.51. The quantitative estimate of drug-likeness (QED) is 0.832. The van der Waals surface area contributed by atoms with Crippen molar-refractivity contribution in [2.24, 2.45) is 11.8 Å². The third kappa shape index (κ3) is 4.05. The van der Waals surface area contributed by atoms with Gasteiger partial charge >= 0.3 is 0 Å². The van der Waals surface area contributed by atoms with Crippen LogP contribution >= 0.6 is 0 Å². The van der Waals surface area contributed by atoms with Crippen LogP contribution in [0, 0.1) is 18.8 Å². The molecule has 134 valence electrons. The molecule has 2 atom stereocenters. The molecule has 0 spiro atoms. The van der Waals surface area contributed by atoms with Crippen LogP contribution in [0.2, 0.25) is 0 Å². The lowest BCUT2D eigenvalue weighted by molar-refractivity contribution is 0.0687. The van der Waals surface area contributed by atoms with Gasteiger partial charge in [0, 0.05) is 57.0 Å². The Kier molecular flexibility index (Phi) is 5.69. The maximum absolute atomic E-state index is 9.81. The van der Waals surface area contributed by atoms with E-state index < -0.39 is 0 Å². The van der Waals surface area contributed by atoms with Crippen LogP contribution < -0.4 is 4.90 Å². The third-order valence-electron chi connectivity index (χ3n) is 5.42. The zero-order valence-electron chi connectivity index (χ0n) is 14.9. The smallest absolute Gasteiger partial charge is 0.132 e. The highest BCUT2D eigenvalue weighted by Crippen LogP contribution is 2.29. The third-order valence-corrected chi connectivity index (χ3v) is 5.42. The van der Waals surface area contributed by atoms with Gasteiger partial charge in [-0.1, -0.05) is 6.92 Å². The Morgan fingerprint density at radius 3 is 2.54 bits per heavy atom. The Labute approximate surface area is 144 Å². The first-order valence-corrected chi connectivity index (χ1v) is 9.19. The highest BCUT2D eigenvalue weighted by atomic mass is 16.3. The van der Waals surface area contributed by atoms with Gasteiger partial charge in [0.1, 0.15) is 11.6 Å². The van der Waals surface area contributed by atoms with Crippen LogP contribution in [0.4, 0.5) is 5.82 Å². The largest absolute Gasteiger partial charge is 0.396 e. The first-order valence-electron chi connectivity index (χ1n) is 9.19. The summed E-state index contributed by atoms with van der Waals surface area (Å²) in [4.78, 5) is 13.8. The van der Waals surface area contributed by atoms with Gasteiger partial charge in [-0.2, -0.15) is 0 Å². The number of anilines is 1. The number of likely N-dealkylation sites (tertiary alicyclic amines) is 1. The van der Waals surface area contributed by atoms with Gasteiger partial charge in [0.15, 0.2) is 0 Å². The summed E-state index contributed by atoms with van der Waals surface area (Å²) in [5.41, 5.74) is 1.08. The molecule has 2 aliphatic heterocycles. The predicted octanol–water partition coefficient (Wildman–Crippen LogP) is 0.849. The number of rotatable bonds is 5. The Bertz CT molecular complexity index is 546. The number of aliphatic hydroxyl groups is 2. The Morgan fingerprint density at radius 1 is 1.17 bits per heavy atom. The molecular formula is C18H30N4O2. The predicted molar refractivity (Wildman–Crippen MR) is 94.1 cm³/mol. The fourth-order valence-corrected chi connectivity index (χ4v) is 3.93. The van der Waals surface area contributed by atoms with E-state index in [9.17, 15) is 10.2 Å². The molecule has 0 unspecified atom stereocenters. The molecule has 6 nitrogen and oxygen atoms in total. The Hall–Kier alpha value is -1.24. The van der Waals surface area contributed by atoms with Crippen molar-refractivity contribution in [1.29, 1.82) is 0 Å². The number of aryl methyl sites for hydroxylation is 2. The molecule has 1 aromatic rings. The SMILES string of the molecule is CCc1cc(N2C[C@@H](CN3CCC(O)CC3)[C@@H](CO)C2)nc(C)n1. The van der Waals surface area contributed by atoms with Crippen LogP contribution in [0.15, 0.2) is 6.07 Å². The number of hydrogen-bond acceptors (Lipinski definition) is 6. The topological polar surface area (TPSA) is 72.7 Å². The van der Waals surface area contributed by atoms with Gasteiger partial charge in [0.25, 0.3) is 0 Å². The average molecular weight is 334 g/mol. The Balaban J connectivity index is 1.66. The van der Waals surface area contributed by atoms with Crippen LogP contribution in [-0.2, 0) is 6.42 Å². The van der Waals surface area contributed by atoms with Crippen LogP contribution in [0.3, 0.4) is 0 Å². The molecule has 2 N–H and O–H groups in total. The van der Waals surface area contributed by atoms with Gasteiger partial charge in [-0.05, 0) is 32.1 Å². The van der Waals surface area contributed by atoms with Crippen molar-refractivity contribution in [3.05, 3.63) is 17.6 Å². The molecule has 0 saturated carbocycles. The highest BCUT2D eigenvalue weighted by Gasteiger charge is 2.34. The number of aromatic nitrogens is 2. The zero-order valence-corrected chi connectivity index (χ0v) is 14.9. The summed E-state index contributed by atoms with van der Waals surface area (Å²) in [5.74, 6) is 2.55. The Morgan fingerprint density at radius 2 is 1.88 bits per heavy atom. The molecular weight excluding hydrogens is 304 g/mol. The molecule has 6 heteroatoms. The van der Waals surface area contributed by atoms with Gasteiger partial charge in [-0.3, -0.25) is 0 Å². The van der Waals surface area contributed by atoms with E-state index in [2.05, 4.69) is 32.8 Å². The minimum Gasteiger partial charge on any atom is -0.396 e. The molecule has 3 rings (SSSR count). The van der Waals surface area contributed by atoms with Crippen LogP contribution in [0.25, 0.3) is 0 Å².